The molecule has 1 aliphatic rings. The van der Waals surface area contributed by atoms with Gasteiger partial charge in [0.05, 0.1) is 6.61 Å². The maximum Gasteiger partial charge on any atom is 0.167 e. The molecule has 0 unspecified atom stereocenters. The second kappa shape index (κ2) is 5.25. The maximum absolute atomic E-state index is 13.2. The highest BCUT2D eigenvalue weighted by atomic mass is 19.1. The van der Waals surface area contributed by atoms with E-state index < -0.39 is 11.6 Å². The van der Waals surface area contributed by atoms with E-state index in [0.29, 0.717) is 12.5 Å². The van der Waals surface area contributed by atoms with E-state index in [-0.39, 0.29) is 5.75 Å². The zero-order valence-electron chi connectivity index (χ0n) is 9.01. The third-order valence-electron chi connectivity index (χ3n) is 2.77. The summed E-state index contributed by atoms with van der Waals surface area (Å²) in [7, 11) is 0. The molecule has 1 atom stereocenters. The Balaban J connectivity index is 1.88. The molecule has 4 heteroatoms. The standard InChI is InChI=1S/C12H15F2NO/c13-10-3-4-12(11(14)6-10)16-8-9-2-1-5-15-7-9/h3-4,6,9,15H,1-2,5,7-8H2/t9-/m1/s1. The van der Waals surface area contributed by atoms with Crippen LogP contribution < -0.4 is 10.1 Å². The van der Waals surface area contributed by atoms with Crippen molar-refractivity contribution in [3.63, 3.8) is 0 Å². The van der Waals surface area contributed by atoms with Gasteiger partial charge in [0.1, 0.15) is 5.82 Å². The van der Waals surface area contributed by atoms with E-state index in [1.54, 1.807) is 0 Å². The van der Waals surface area contributed by atoms with Crippen molar-refractivity contribution in [1.82, 2.24) is 5.32 Å². The molecule has 88 valence electrons. The minimum atomic E-state index is -0.635. The Morgan fingerprint density at radius 1 is 1.38 bits per heavy atom. The first-order chi connectivity index (χ1) is 7.75. The molecule has 0 spiro atoms. The number of benzene rings is 1. The van der Waals surface area contributed by atoms with Crippen LogP contribution in [0.4, 0.5) is 8.78 Å². The largest absolute Gasteiger partial charge is 0.490 e. The van der Waals surface area contributed by atoms with Gasteiger partial charge >= 0.3 is 0 Å². The number of nitrogens with one attached hydrogen (secondary N) is 1. The van der Waals surface area contributed by atoms with E-state index in [0.717, 1.165) is 32.0 Å². The second-order valence-electron chi connectivity index (χ2n) is 4.10. The third-order valence-corrected chi connectivity index (χ3v) is 2.77. The highest BCUT2D eigenvalue weighted by Crippen LogP contribution is 2.19. The van der Waals surface area contributed by atoms with Gasteiger partial charge in [-0.1, -0.05) is 0 Å². The highest BCUT2D eigenvalue weighted by molar-refractivity contribution is 5.24. The average Bonchev–Trinajstić information content (AvgIpc) is 2.29. The minimum Gasteiger partial charge on any atom is -0.490 e. The molecule has 1 N–H and O–H groups in total. The molecule has 0 aliphatic carbocycles. The fraction of sp³-hybridized carbons (Fsp3) is 0.500. The molecule has 2 rings (SSSR count). The fourth-order valence-corrected chi connectivity index (χ4v) is 1.87. The first-order valence-electron chi connectivity index (χ1n) is 5.54. The van der Waals surface area contributed by atoms with Crippen molar-refractivity contribution < 1.29 is 13.5 Å². The number of halogens is 2. The summed E-state index contributed by atoms with van der Waals surface area (Å²) in [5.41, 5.74) is 0. The van der Waals surface area contributed by atoms with Crippen LogP contribution in [0.3, 0.4) is 0 Å². The molecule has 1 fully saturated rings. The van der Waals surface area contributed by atoms with Gasteiger partial charge in [0.15, 0.2) is 11.6 Å². The van der Waals surface area contributed by atoms with Crippen LogP contribution in [0.25, 0.3) is 0 Å². The first-order valence-corrected chi connectivity index (χ1v) is 5.54. The van der Waals surface area contributed by atoms with Crippen molar-refractivity contribution >= 4 is 0 Å². The topological polar surface area (TPSA) is 21.3 Å². The van der Waals surface area contributed by atoms with Crippen molar-refractivity contribution in [2.24, 2.45) is 5.92 Å². The van der Waals surface area contributed by atoms with Crippen LogP contribution >= 0.6 is 0 Å². The van der Waals surface area contributed by atoms with Crippen LogP contribution in [0, 0.1) is 17.6 Å². The Kier molecular flexibility index (Phi) is 3.72. The molecule has 1 heterocycles. The fourth-order valence-electron chi connectivity index (χ4n) is 1.87. The van der Waals surface area contributed by atoms with Gasteiger partial charge < -0.3 is 10.1 Å². The molecular formula is C12H15F2NO. The van der Waals surface area contributed by atoms with Gasteiger partial charge in [-0.05, 0) is 31.5 Å². The van der Waals surface area contributed by atoms with E-state index in [1.807, 2.05) is 0 Å². The molecule has 2 nitrogen and oxygen atoms in total. The predicted octanol–water partition coefficient (Wildman–Crippen LogP) is 2.34. The van der Waals surface area contributed by atoms with Crippen LogP contribution in [0.1, 0.15) is 12.8 Å². The van der Waals surface area contributed by atoms with Crippen molar-refractivity contribution in [2.75, 3.05) is 19.7 Å². The highest BCUT2D eigenvalue weighted by Gasteiger charge is 2.14. The average molecular weight is 227 g/mol. The molecular weight excluding hydrogens is 212 g/mol. The molecule has 16 heavy (non-hydrogen) atoms. The Bertz CT molecular complexity index is 351. The van der Waals surface area contributed by atoms with Crippen molar-refractivity contribution in [3.05, 3.63) is 29.8 Å². The Morgan fingerprint density at radius 2 is 2.25 bits per heavy atom. The Labute approximate surface area is 93.6 Å². The third kappa shape index (κ3) is 2.92. The summed E-state index contributed by atoms with van der Waals surface area (Å²) < 4.78 is 31.2. The second-order valence-corrected chi connectivity index (χ2v) is 4.10. The van der Waals surface area contributed by atoms with Crippen molar-refractivity contribution in [2.45, 2.75) is 12.8 Å². The van der Waals surface area contributed by atoms with Crippen LogP contribution in [0.15, 0.2) is 18.2 Å². The smallest absolute Gasteiger partial charge is 0.167 e. The number of piperidine rings is 1. The van der Waals surface area contributed by atoms with Crippen LogP contribution in [0.5, 0.6) is 5.75 Å². The molecule has 0 amide bonds. The van der Waals surface area contributed by atoms with Crippen LogP contribution in [-0.2, 0) is 0 Å². The first kappa shape index (κ1) is 11.3. The van der Waals surface area contributed by atoms with Gasteiger partial charge in [0.25, 0.3) is 0 Å². The van der Waals surface area contributed by atoms with E-state index in [9.17, 15) is 8.78 Å². The van der Waals surface area contributed by atoms with Crippen LogP contribution in [0.2, 0.25) is 0 Å². The summed E-state index contributed by atoms with van der Waals surface area (Å²) in [6.07, 6.45) is 2.22. The normalized spacial score (nSPS) is 20.8. The van der Waals surface area contributed by atoms with E-state index >= 15 is 0 Å². The molecule has 0 aromatic heterocycles. The summed E-state index contributed by atoms with van der Waals surface area (Å²) in [4.78, 5) is 0. The van der Waals surface area contributed by atoms with Gasteiger partial charge in [-0.25, -0.2) is 8.78 Å². The quantitative estimate of drug-likeness (QED) is 0.855. The summed E-state index contributed by atoms with van der Waals surface area (Å²) in [5, 5.41) is 3.26. The Morgan fingerprint density at radius 3 is 2.94 bits per heavy atom. The number of ether oxygens (including phenoxy) is 1. The Hall–Kier alpha value is -1.16. The minimum absolute atomic E-state index is 0.131. The summed E-state index contributed by atoms with van der Waals surface area (Å²) in [5.74, 6) is -0.668. The summed E-state index contributed by atoms with van der Waals surface area (Å²) in [6.45, 7) is 2.43. The molecule has 1 saturated heterocycles. The maximum atomic E-state index is 13.2. The SMILES string of the molecule is Fc1ccc(OC[C@@H]2CCCNC2)c(F)c1. The van der Waals surface area contributed by atoms with Gasteiger partial charge in [-0.3, -0.25) is 0 Å². The van der Waals surface area contributed by atoms with E-state index in [1.165, 1.54) is 12.1 Å². The van der Waals surface area contributed by atoms with E-state index in [2.05, 4.69) is 5.32 Å². The van der Waals surface area contributed by atoms with Crippen molar-refractivity contribution in [1.29, 1.82) is 0 Å². The lowest BCUT2D eigenvalue weighted by Gasteiger charge is -2.22. The lowest BCUT2D eigenvalue weighted by molar-refractivity contribution is 0.211. The zero-order valence-corrected chi connectivity index (χ0v) is 9.01. The van der Waals surface area contributed by atoms with Gasteiger partial charge in [0, 0.05) is 18.5 Å². The lowest BCUT2D eigenvalue weighted by Crippen LogP contribution is -2.33. The number of rotatable bonds is 3. The molecule has 0 radical (unpaired) electrons. The molecule has 1 aromatic rings. The van der Waals surface area contributed by atoms with Gasteiger partial charge in [-0.2, -0.15) is 0 Å². The lowest BCUT2D eigenvalue weighted by atomic mass is 10.0. The molecule has 1 aliphatic heterocycles. The molecule has 1 aromatic carbocycles. The van der Waals surface area contributed by atoms with Gasteiger partial charge in [0.2, 0.25) is 0 Å². The van der Waals surface area contributed by atoms with Gasteiger partial charge in [-0.15, -0.1) is 0 Å². The molecule has 0 bridgehead atoms. The summed E-state index contributed by atoms with van der Waals surface area (Å²) in [6, 6.07) is 3.38. The monoisotopic (exact) mass is 227 g/mol. The zero-order chi connectivity index (χ0) is 11.4. The van der Waals surface area contributed by atoms with Crippen molar-refractivity contribution in [3.8, 4) is 5.75 Å². The number of hydrogen-bond acceptors (Lipinski definition) is 2. The predicted molar refractivity (Wildman–Crippen MR) is 57.4 cm³/mol. The van der Waals surface area contributed by atoms with Crippen LogP contribution in [-0.4, -0.2) is 19.7 Å². The van der Waals surface area contributed by atoms with E-state index in [4.69, 9.17) is 4.74 Å². The number of hydrogen-bond donors (Lipinski definition) is 1. The molecule has 0 saturated carbocycles. The summed E-state index contributed by atoms with van der Waals surface area (Å²) >= 11 is 0.